The van der Waals surface area contributed by atoms with Crippen molar-refractivity contribution in [3.8, 4) is 0 Å². The highest BCUT2D eigenvalue weighted by atomic mass is 16.2. The number of hydrogen-bond acceptors (Lipinski definition) is 5. The van der Waals surface area contributed by atoms with Gasteiger partial charge in [-0.15, -0.1) is 0 Å². The van der Waals surface area contributed by atoms with E-state index < -0.39 is 0 Å². The second-order valence-corrected chi connectivity index (χ2v) is 7.06. The molecule has 8 nitrogen and oxygen atoms in total. The first kappa shape index (κ1) is 17.6. The van der Waals surface area contributed by atoms with Crippen LogP contribution in [0.15, 0.2) is 11.0 Å². The Morgan fingerprint density at radius 1 is 1.32 bits per heavy atom. The van der Waals surface area contributed by atoms with Crippen LogP contribution in [-0.2, 0) is 16.0 Å². The Labute approximate surface area is 146 Å². The zero-order chi connectivity index (χ0) is 18.0. The van der Waals surface area contributed by atoms with Crippen LogP contribution in [0, 0.1) is 6.92 Å². The lowest BCUT2D eigenvalue weighted by atomic mass is 9.86. The number of rotatable bonds is 2. The molecule has 1 spiro atoms. The first-order chi connectivity index (χ1) is 11.9. The monoisotopic (exact) mass is 347 g/mol. The van der Waals surface area contributed by atoms with Gasteiger partial charge >= 0.3 is 0 Å². The highest BCUT2D eigenvalue weighted by Gasteiger charge is 2.42. The Morgan fingerprint density at radius 3 is 2.88 bits per heavy atom. The maximum absolute atomic E-state index is 12.7. The molecular formula is C17H25N5O3. The standard InChI is InChI=1S/C17H25N5O3/c1-12-19-10-13(16(25)20-12)9-15(24)22-8-7-21(2)17(11-22)4-3-14(23)18-6-5-17/h10H,3-9,11H2,1-2H3,(H,18,23)(H,19,20,25)/t17-/m1/s1. The first-order valence-electron chi connectivity index (χ1n) is 8.70. The third kappa shape index (κ3) is 3.73. The number of carbonyl (C=O) groups excluding carboxylic acids is 2. The molecule has 0 bridgehead atoms. The molecule has 2 aliphatic heterocycles. The van der Waals surface area contributed by atoms with Gasteiger partial charge in [0.25, 0.3) is 5.56 Å². The van der Waals surface area contributed by atoms with Gasteiger partial charge in [-0.05, 0) is 26.8 Å². The van der Waals surface area contributed by atoms with Crippen LogP contribution >= 0.6 is 0 Å². The van der Waals surface area contributed by atoms with Gasteiger partial charge in [0, 0.05) is 49.9 Å². The van der Waals surface area contributed by atoms with Crippen molar-refractivity contribution >= 4 is 11.8 Å². The smallest absolute Gasteiger partial charge is 0.254 e. The van der Waals surface area contributed by atoms with Crippen molar-refractivity contribution in [1.82, 2.24) is 25.1 Å². The van der Waals surface area contributed by atoms with E-state index in [1.807, 2.05) is 4.90 Å². The highest BCUT2D eigenvalue weighted by molar-refractivity contribution is 5.79. The van der Waals surface area contributed by atoms with Crippen LogP contribution in [0.5, 0.6) is 0 Å². The largest absolute Gasteiger partial charge is 0.356 e. The van der Waals surface area contributed by atoms with E-state index in [1.54, 1.807) is 6.92 Å². The molecule has 2 saturated heterocycles. The van der Waals surface area contributed by atoms with Gasteiger partial charge < -0.3 is 15.2 Å². The molecule has 0 aliphatic carbocycles. The summed E-state index contributed by atoms with van der Waals surface area (Å²) < 4.78 is 0. The molecule has 0 unspecified atom stereocenters. The lowest BCUT2D eigenvalue weighted by molar-refractivity contribution is -0.136. The second-order valence-electron chi connectivity index (χ2n) is 7.06. The molecule has 8 heteroatoms. The summed E-state index contributed by atoms with van der Waals surface area (Å²) in [6.45, 7) is 4.33. The molecule has 25 heavy (non-hydrogen) atoms. The van der Waals surface area contributed by atoms with Crippen LogP contribution in [-0.4, -0.2) is 70.3 Å². The molecule has 3 heterocycles. The number of piperazine rings is 1. The van der Waals surface area contributed by atoms with Crippen LogP contribution < -0.4 is 10.9 Å². The van der Waals surface area contributed by atoms with Crippen LogP contribution in [0.3, 0.4) is 0 Å². The molecule has 0 radical (unpaired) electrons. The lowest BCUT2D eigenvalue weighted by Crippen LogP contribution is -2.62. The third-order valence-corrected chi connectivity index (χ3v) is 5.42. The molecule has 2 amide bonds. The summed E-state index contributed by atoms with van der Waals surface area (Å²) in [5.74, 6) is 0.550. The topological polar surface area (TPSA) is 98.4 Å². The van der Waals surface area contributed by atoms with Crippen molar-refractivity contribution in [3.63, 3.8) is 0 Å². The van der Waals surface area contributed by atoms with E-state index in [0.29, 0.717) is 37.4 Å². The molecule has 136 valence electrons. The molecule has 0 aromatic carbocycles. The summed E-state index contributed by atoms with van der Waals surface area (Å²) in [6.07, 6.45) is 3.58. The number of nitrogens with zero attached hydrogens (tertiary/aromatic N) is 3. The van der Waals surface area contributed by atoms with Gasteiger partial charge in [-0.25, -0.2) is 4.98 Å². The van der Waals surface area contributed by atoms with Crippen LogP contribution in [0.2, 0.25) is 0 Å². The number of likely N-dealkylation sites (N-methyl/N-ethyl adjacent to an activating group) is 1. The van der Waals surface area contributed by atoms with Crippen molar-refractivity contribution in [3.05, 3.63) is 27.9 Å². The average molecular weight is 347 g/mol. The van der Waals surface area contributed by atoms with Gasteiger partial charge in [0.05, 0.1) is 6.42 Å². The fourth-order valence-corrected chi connectivity index (χ4v) is 3.72. The molecule has 2 fully saturated rings. The molecule has 2 aliphatic rings. The van der Waals surface area contributed by atoms with E-state index in [1.165, 1.54) is 6.20 Å². The molecule has 2 N–H and O–H groups in total. The summed E-state index contributed by atoms with van der Waals surface area (Å²) in [5, 5.41) is 2.91. The van der Waals surface area contributed by atoms with Gasteiger partial charge in [0.15, 0.2) is 0 Å². The zero-order valence-corrected chi connectivity index (χ0v) is 14.8. The minimum absolute atomic E-state index is 0.0551. The predicted molar refractivity (Wildman–Crippen MR) is 92.1 cm³/mol. The number of aromatic nitrogens is 2. The number of nitrogens with one attached hydrogen (secondary N) is 2. The number of carbonyl (C=O) groups is 2. The third-order valence-electron chi connectivity index (χ3n) is 5.42. The Balaban J connectivity index is 1.73. The van der Waals surface area contributed by atoms with Gasteiger partial charge in [0.1, 0.15) is 5.82 Å². The summed E-state index contributed by atoms with van der Waals surface area (Å²) in [4.78, 5) is 47.2. The Morgan fingerprint density at radius 2 is 2.12 bits per heavy atom. The summed E-state index contributed by atoms with van der Waals surface area (Å²) >= 11 is 0. The predicted octanol–water partition coefficient (Wildman–Crippen LogP) is -0.566. The Bertz CT molecular complexity index is 731. The number of hydrogen-bond donors (Lipinski definition) is 2. The molecule has 0 saturated carbocycles. The summed E-state index contributed by atoms with van der Waals surface area (Å²) in [5.41, 5.74) is -0.0411. The van der Waals surface area contributed by atoms with Gasteiger partial charge in [0.2, 0.25) is 11.8 Å². The average Bonchev–Trinajstić information content (AvgIpc) is 2.75. The molecule has 1 aromatic heterocycles. The number of amides is 2. The first-order valence-corrected chi connectivity index (χ1v) is 8.70. The van der Waals surface area contributed by atoms with Crippen molar-refractivity contribution in [1.29, 1.82) is 0 Å². The van der Waals surface area contributed by atoms with Gasteiger partial charge in [-0.2, -0.15) is 0 Å². The zero-order valence-electron chi connectivity index (χ0n) is 14.8. The summed E-state index contributed by atoms with van der Waals surface area (Å²) in [7, 11) is 2.06. The Kier molecular flexibility index (Phi) is 4.89. The maximum atomic E-state index is 12.7. The van der Waals surface area contributed by atoms with E-state index in [-0.39, 0.29) is 29.3 Å². The normalized spacial score (nSPS) is 24.9. The van der Waals surface area contributed by atoms with Crippen LogP contribution in [0.4, 0.5) is 0 Å². The number of aromatic amines is 1. The molecule has 1 aromatic rings. The summed E-state index contributed by atoms with van der Waals surface area (Å²) in [6, 6.07) is 0. The lowest BCUT2D eigenvalue weighted by Gasteiger charge is -2.49. The van der Waals surface area contributed by atoms with E-state index in [0.717, 1.165) is 19.4 Å². The van der Waals surface area contributed by atoms with Crippen LogP contribution in [0.1, 0.15) is 30.7 Å². The second kappa shape index (κ2) is 6.95. The van der Waals surface area contributed by atoms with E-state index in [4.69, 9.17) is 0 Å². The molecule has 1 atom stereocenters. The Hall–Kier alpha value is -2.22. The fourth-order valence-electron chi connectivity index (χ4n) is 3.72. The van der Waals surface area contributed by atoms with Crippen molar-refractivity contribution in [2.45, 2.75) is 38.1 Å². The highest BCUT2D eigenvalue weighted by Crippen LogP contribution is 2.30. The molecular weight excluding hydrogens is 322 g/mol. The quantitative estimate of drug-likeness (QED) is 0.747. The van der Waals surface area contributed by atoms with Crippen LogP contribution in [0.25, 0.3) is 0 Å². The fraction of sp³-hybridized carbons (Fsp3) is 0.647. The maximum Gasteiger partial charge on any atom is 0.254 e. The van der Waals surface area contributed by atoms with Gasteiger partial charge in [-0.1, -0.05) is 0 Å². The van der Waals surface area contributed by atoms with Crippen molar-refractivity contribution < 1.29 is 9.59 Å². The minimum Gasteiger partial charge on any atom is -0.356 e. The number of H-pyrrole nitrogens is 1. The minimum atomic E-state index is -0.256. The molecule has 3 rings (SSSR count). The SMILES string of the molecule is Cc1ncc(CC(=O)N2CCN(C)[C@]3(CCNC(=O)CC3)C2)c(=O)[nH]1. The van der Waals surface area contributed by atoms with E-state index in [2.05, 4.69) is 27.2 Å². The number of aryl methyl sites for hydroxylation is 1. The van der Waals surface area contributed by atoms with E-state index in [9.17, 15) is 14.4 Å². The van der Waals surface area contributed by atoms with E-state index >= 15 is 0 Å². The van der Waals surface area contributed by atoms with Crippen molar-refractivity contribution in [2.75, 3.05) is 33.2 Å². The van der Waals surface area contributed by atoms with Crippen molar-refractivity contribution in [2.24, 2.45) is 0 Å². The van der Waals surface area contributed by atoms with Gasteiger partial charge in [-0.3, -0.25) is 19.3 Å².